The van der Waals surface area contributed by atoms with Crippen LogP contribution >= 0.6 is 23.7 Å². The first-order chi connectivity index (χ1) is 11.0. The van der Waals surface area contributed by atoms with Crippen molar-refractivity contribution in [3.63, 3.8) is 0 Å². The second-order valence-corrected chi connectivity index (χ2v) is 7.06. The van der Waals surface area contributed by atoms with Crippen molar-refractivity contribution < 1.29 is 9.59 Å². The zero-order valence-corrected chi connectivity index (χ0v) is 15.9. The van der Waals surface area contributed by atoms with E-state index in [-0.39, 0.29) is 36.2 Å². The van der Waals surface area contributed by atoms with Crippen molar-refractivity contribution in [3.05, 3.63) is 16.1 Å². The van der Waals surface area contributed by atoms with Crippen LogP contribution in [0, 0.1) is 5.92 Å². The molecule has 6 nitrogen and oxygen atoms in total. The predicted octanol–water partition coefficient (Wildman–Crippen LogP) is 2.18. The Morgan fingerprint density at radius 2 is 2.29 bits per heavy atom. The Labute approximate surface area is 153 Å². The number of carbonyl (C=O) groups excluding carboxylic acids is 2. The molecule has 2 rings (SSSR count). The van der Waals surface area contributed by atoms with Gasteiger partial charge in [-0.05, 0) is 26.2 Å². The average Bonchev–Trinajstić information content (AvgIpc) is 3.03. The van der Waals surface area contributed by atoms with Gasteiger partial charge in [-0.1, -0.05) is 13.3 Å². The van der Waals surface area contributed by atoms with Crippen LogP contribution in [0.4, 0.5) is 0 Å². The van der Waals surface area contributed by atoms with Gasteiger partial charge in [-0.25, -0.2) is 4.98 Å². The molecule has 1 saturated heterocycles. The molecule has 1 aliphatic rings. The Morgan fingerprint density at radius 3 is 2.92 bits per heavy atom. The van der Waals surface area contributed by atoms with E-state index < -0.39 is 0 Å². The van der Waals surface area contributed by atoms with Gasteiger partial charge in [-0.15, -0.1) is 23.7 Å². The summed E-state index contributed by atoms with van der Waals surface area (Å²) in [6.07, 6.45) is 3.70. The number of thiazole rings is 1. The Bertz CT molecular complexity index is 552. The summed E-state index contributed by atoms with van der Waals surface area (Å²) in [6, 6.07) is 0.184. The van der Waals surface area contributed by atoms with Gasteiger partial charge < -0.3 is 16.0 Å². The van der Waals surface area contributed by atoms with Crippen molar-refractivity contribution >= 4 is 35.6 Å². The van der Waals surface area contributed by atoms with E-state index in [2.05, 4.69) is 17.2 Å². The Balaban J connectivity index is 0.00000288. The van der Waals surface area contributed by atoms with Crippen LogP contribution < -0.4 is 11.1 Å². The van der Waals surface area contributed by atoms with E-state index in [1.54, 1.807) is 10.3 Å². The summed E-state index contributed by atoms with van der Waals surface area (Å²) >= 11 is 1.40. The fourth-order valence-electron chi connectivity index (χ4n) is 2.91. The van der Waals surface area contributed by atoms with E-state index in [9.17, 15) is 9.59 Å². The van der Waals surface area contributed by atoms with Gasteiger partial charge in [-0.2, -0.15) is 0 Å². The number of hydrogen-bond acceptors (Lipinski definition) is 5. The normalized spacial score (nSPS) is 18.6. The summed E-state index contributed by atoms with van der Waals surface area (Å²) in [5.74, 6) is -0.163. The summed E-state index contributed by atoms with van der Waals surface area (Å²) < 4.78 is 0. The highest BCUT2D eigenvalue weighted by atomic mass is 35.5. The number of likely N-dealkylation sites (tertiary alicyclic amines) is 1. The molecule has 8 heteroatoms. The van der Waals surface area contributed by atoms with Crippen LogP contribution in [-0.4, -0.2) is 40.8 Å². The highest BCUT2D eigenvalue weighted by Gasteiger charge is 2.30. The minimum absolute atomic E-state index is 0. The highest BCUT2D eigenvalue weighted by molar-refractivity contribution is 7.09. The average molecular weight is 375 g/mol. The number of nitrogens with zero attached hydrogens (tertiary/aromatic N) is 2. The molecule has 3 N–H and O–H groups in total. The lowest BCUT2D eigenvalue weighted by molar-refractivity contribution is -0.127. The van der Waals surface area contributed by atoms with Crippen LogP contribution in [0.5, 0.6) is 0 Å². The number of piperidine rings is 1. The van der Waals surface area contributed by atoms with E-state index in [0.29, 0.717) is 25.3 Å². The highest BCUT2D eigenvalue weighted by Crippen LogP contribution is 2.20. The summed E-state index contributed by atoms with van der Waals surface area (Å²) in [6.45, 7) is 5.63. The molecular formula is C16H27ClN4O2S. The molecule has 0 aliphatic carbocycles. The van der Waals surface area contributed by atoms with E-state index in [0.717, 1.165) is 30.7 Å². The molecule has 136 valence electrons. The Kier molecular flexibility index (Phi) is 8.66. The molecule has 2 heterocycles. The Hall–Kier alpha value is -1.18. The van der Waals surface area contributed by atoms with Crippen molar-refractivity contribution in [3.8, 4) is 0 Å². The molecule has 2 amide bonds. The van der Waals surface area contributed by atoms with Crippen molar-refractivity contribution in [2.75, 3.05) is 13.1 Å². The lowest BCUT2D eigenvalue weighted by Crippen LogP contribution is -2.47. The maximum Gasteiger partial charge on any atom is 0.273 e. The topological polar surface area (TPSA) is 88.3 Å². The van der Waals surface area contributed by atoms with Gasteiger partial charge in [0.25, 0.3) is 5.91 Å². The predicted molar refractivity (Wildman–Crippen MR) is 98.4 cm³/mol. The van der Waals surface area contributed by atoms with Crippen molar-refractivity contribution in [2.45, 2.75) is 52.1 Å². The molecule has 0 spiro atoms. The van der Waals surface area contributed by atoms with E-state index >= 15 is 0 Å². The minimum atomic E-state index is -0.125. The van der Waals surface area contributed by atoms with Gasteiger partial charge >= 0.3 is 0 Å². The molecule has 0 radical (unpaired) electrons. The molecule has 24 heavy (non-hydrogen) atoms. The number of rotatable bonds is 6. The summed E-state index contributed by atoms with van der Waals surface area (Å²) in [7, 11) is 0. The number of amides is 2. The SMILES string of the molecule is CCCC(C)NC(=O)C1CCCN(C(=O)c2csc(CN)n2)C1.Cl. The molecule has 1 aliphatic heterocycles. The van der Waals surface area contributed by atoms with Gasteiger partial charge in [0, 0.05) is 31.1 Å². The van der Waals surface area contributed by atoms with Gasteiger partial charge in [0.15, 0.2) is 0 Å². The van der Waals surface area contributed by atoms with Crippen LogP contribution in [0.15, 0.2) is 5.38 Å². The maximum absolute atomic E-state index is 12.5. The third-order valence-corrected chi connectivity index (χ3v) is 5.01. The van der Waals surface area contributed by atoms with Gasteiger partial charge in [0.05, 0.1) is 5.92 Å². The minimum Gasteiger partial charge on any atom is -0.353 e. The third kappa shape index (κ3) is 5.43. The van der Waals surface area contributed by atoms with Crippen molar-refractivity contribution in [1.29, 1.82) is 0 Å². The van der Waals surface area contributed by atoms with Crippen molar-refractivity contribution in [2.24, 2.45) is 11.7 Å². The van der Waals surface area contributed by atoms with Gasteiger partial charge in [0.1, 0.15) is 10.7 Å². The second-order valence-electron chi connectivity index (χ2n) is 6.12. The number of hydrogen-bond donors (Lipinski definition) is 2. The summed E-state index contributed by atoms with van der Waals surface area (Å²) in [5, 5.41) is 5.56. The fourth-order valence-corrected chi connectivity index (χ4v) is 3.55. The van der Waals surface area contributed by atoms with Crippen LogP contribution in [0.25, 0.3) is 0 Å². The van der Waals surface area contributed by atoms with E-state index in [1.165, 1.54) is 11.3 Å². The lowest BCUT2D eigenvalue weighted by Gasteiger charge is -2.32. The number of aromatic nitrogens is 1. The number of carbonyl (C=O) groups is 2. The smallest absolute Gasteiger partial charge is 0.273 e. The summed E-state index contributed by atoms with van der Waals surface area (Å²) in [5.41, 5.74) is 5.99. The van der Waals surface area contributed by atoms with Crippen LogP contribution in [0.1, 0.15) is 55.0 Å². The third-order valence-electron chi connectivity index (χ3n) is 4.14. The lowest BCUT2D eigenvalue weighted by atomic mass is 9.96. The van der Waals surface area contributed by atoms with Crippen LogP contribution in [-0.2, 0) is 11.3 Å². The molecule has 0 aromatic carbocycles. The Morgan fingerprint density at radius 1 is 1.54 bits per heavy atom. The van der Waals surface area contributed by atoms with Crippen LogP contribution in [0.3, 0.4) is 0 Å². The molecule has 0 bridgehead atoms. The fraction of sp³-hybridized carbons (Fsp3) is 0.688. The standard InChI is InChI=1S/C16H26N4O2S.ClH/c1-3-5-11(2)18-15(21)12-6-4-7-20(9-12)16(22)13-10-23-14(8-17)19-13;/h10-12H,3-9,17H2,1-2H3,(H,18,21);1H. The van der Waals surface area contributed by atoms with E-state index in [1.807, 2.05) is 6.92 Å². The number of nitrogens with two attached hydrogens (primary N) is 1. The van der Waals surface area contributed by atoms with Gasteiger partial charge in [-0.3, -0.25) is 9.59 Å². The molecular weight excluding hydrogens is 348 g/mol. The zero-order chi connectivity index (χ0) is 16.8. The molecule has 2 atom stereocenters. The van der Waals surface area contributed by atoms with Gasteiger partial charge in [0.2, 0.25) is 5.91 Å². The quantitative estimate of drug-likeness (QED) is 0.798. The first kappa shape index (κ1) is 20.9. The first-order valence-electron chi connectivity index (χ1n) is 8.29. The van der Waals surface area contributed by atoms with E-state index in [4.69, 9.17) is 5.73 Å². The largest absolute Gasteiger partial charge is 0.353 e. The molecule has 1 aromatic rings. The first-order valence-corrected chi connectivity index (χ1v) is 9.17. The molecule has 0 saturated carbocycles. The molecule has 2 unspecified atom stereocenters. The maximum atomic E-state index is 12.5. The zero-order valence-electron chi connectivity index (χ0n) is 14.3. The van der Waals surface area contributed by atoms with Crippen LogP contribution in [0.2, 0.25) is 0 Å². The summed E-state index contributed by atoms with van der Waals surface area (Å²) in [4.78, 5) is 30.9. The molecule has 1 fully saturated rings. The number of halogens is 1. The molecule has 1 aromatic heterocycles. The van der Waals surface area contributed by atoms with Crippen molar-refractivity contribution in [1.82, 2.24) is 15.2 Å². The second kappa shape index (κ2) is 9.96. The monoisotopic (exact) mass is 374 g/mol. The number of nitrogens with one attached hydrogen (secondary N) is 1.